The number of hydrogen-bond donors (Lipinski definition) is 2. The summed E-state index contributed by atoms with van der Waals surface area (Å²) >= 11 is 5.59. The number of carbonyl (C=O) groups is 3. The molecule has 116 valence electrons. The van der Waals surface area contributed by atoms with Crippen molar-refractivity contribution < 1.29 is 29.6 Å². The second kappa shape index (κ2) is 10.4. The van der Waals surface area contributed by atoms with E-state index in [1.165, 1.54) is 0 Å². The van der Waals surface area contributed by atoms with Gasteiger partial charge in [0.1, 0.15) is 6.04 Å². The molecule has 0 aromatic rings. The first-order chi connectivity index (χ1) is 9.46. The molecule has 0 spiro atoms. The van der Waals surface area contributed by atoms with Gasteiger partial charge >= 0.3 is 11.9 Å². The van der Waals surface area contributed by atoms with E-state index in [1.54, 1.807) is 13.8 Å². The second-order valence-electron chi connectivity index (χ2n) is 4.01. The summed E-state index contributed by atoms with van der Waals surface area (Å²) in [6.45, 7) is 3.85. The van der Waals surface area contributed by atoms with Gasteiger partial charge < -0.3 is 20.5 Å². The van der Waals surface area contributed by atoms with Gasteiger partial charge in [-0.05, 0) is 13.8 Å². The normalized spacial score (nSPS) is 13.2. The highest BCUT2D eigenvalue weighted by atomic mass is 35.5. The molecule has 0 aliphatic heterocycles. The molecule has 0 aromatic heterocycles. The lowest BCUT2D eigenvalue weighted by Crippen LogP contribution is -2.65. The van der Waals surface area contributed by atoms with Crippen LogP contribution >= 0.6 is 11.6 Å². The molecule has 0 aromatic carbocycles. The molecule has 1 amide bonds. The standard InChI is InChI=1S/C12H21ClN2O5/c1-3-19-11(17)8(14)5-6-10(16)15-9(7-13)12(18)20-4-2/h8-9H,3-7,14H2,1-2H3,(H,15,16)/p+1/t8-,9-/m0/s1. The van der Waals surface area contributed by atoms with Crippen molar-refractivity contribution in [2.75, 3.05) is 19.1 Å². The number of halogens is 1. The van der Waals surface area contributed by atoms with Crippen molar-refractivity contribution in [1.29, 1.82) is 0 Å². The average Bonchev–Trinajstić information content (AvgIpc) is 2.42. The largest absolute Gasteiger partial charge is 0.464 e. The summed E-state index contributed by atoms with van der Waals surface area (Å²) < 4.78 is 9.55. The van der Waals surface area contributed by atoms with Gasteiger partial charge in [0.05, 0.1) is 19.1 Å². The van der Waals surface area contributed by atoms with Gasteiger partial charge in [-0.1, -0.05) is 0 Å². The summed E-state index contributed by atoms with van der Waals surface area (Å²) in [5, 5.41) is 2.45. The van der Waals surface area contributed by atoms with E-state index >= 15 is 0 Å². The highest BCUT2D eigenvalue weighted by Gasteiger charge is 2.23. The molecule has 0 heterocycles. The molecule has 0 saturated carbocycles. The summed E-state index contributed by atoms with van der Waals surface area (Å²) in [6, 6.07) is -1.49. The summed E-state index contributed by atoms with van der Waals surface area (Å²) in [4.78, 5) is 34.4. The summed E-state index contributed by atoms with van der Waals surface area (Å²) in [5.74, 6) is -1.48. The molecule has 0 fully saturated rings. The third kappa shape index (κ3) is 7.30. The lowest BCUT2D eigenvalue weighted by Gasteiger charge is -2.14. The second-order valence-corrected chi connectivity index (χ2v) is 4.32. The Kier molecular flexibility index (Phi) is 9.75. The van der Waals surface area contributed by atoms with Crippen LogP contribution in [0, 0.1) is 0 Å². The van der Waals surface area contributed by atoms with Gasteiger partial charge in [-0.2, -0.15) is 0 Å². The van der Waals surface area contributed by atoms with Crippen LogP contribution in [0.25, 0.3) is 0 Å². The first-order valence-corrected chi connectivity index (χ1v) is 7.01. The fraction of sp³-hybridized carbons (Fsp3) is 0.750. The fourth-order valence-corrected chi connectivity index (χ4v) is 1.56. The number of ether oxygens (including phenoxy) is 2. The van der Waals surface area contributed by atoms with Crippen molar-refractivity contribution in [3.8, 4) is 0 Å². The van der Waals surface area contributed by atoms with Gasteiger partial charge in [-0.15, -0.1) is 11.6 Å². The minimum Gasteiger partial charge on any atom is -0.464 e. The van der Waals surface area contributed by atoms with Crippen molar-refractivity contribution in [2.45, 2.75) is 38.8 Å². The number of carbonyl (C=O) groups excluding carboxylic acids is 3. The molecular formula is C12H22ClN2O5+. The van der Waals surface area contributed by atoms with Crippen LogP contribution < -0.4 is 11.1 Å². The van der Waals surface area contributed by atoms with Crippen LogP contribution in [0.15, 0.2) is 0 Å². The molecule has 8 heteroatoms. The Labute approximate surface area is 123 Å². The molecule has 0 aliphatic carbocycles. The molecule has 0 bridgehead atoms. The Balaban J connectivity index is 4.14. The van der Waals surface area contributed by atoms with Crippen LogP contribution in [0.3, 0.4) is 0 Å². The zero-order valence-corrected chi connectivity index (χ0v) is 12.6. The Hall–Kier alpha value is -1.34. The SMILES string of the molecule is CCOC(=O)[C@H](CCl)NC(=O)CC[C@H]([NH3+])C(=O)OCC. The predicted octanol–water partition coefficient (Wildman–Crippen LogP) is -0.773. The summed E-state index contributed by atoms with van der Waals surface area (Å²) in [7, 11) is 0. The van der Waals surface area contributed by atoms with Crippen molar-refractivity contribution in [3.63, 3.8) is 0 Å². The van der Waals surface area contributed by atoms with E-state index in [4.69, 9.17) is 21.1 Å². The Morgan fingerprint density at radius 2 is 1.70 bits per heavy atom. The summed E-state index contributed by atoms with van der Waals surface area (Å²) in [5.41, 5.74) is 3.62. The first-order valence-electron chi connectivity index (χ1n) is 6.47. The minimum atomic E-state index is -0.880. The Bertz CT molecular complexity index is 338. The highest BCUT2D eigenvalue weighted by Crippen LogP contribution is 1.99. The predicted molar refractivity (Wildman–Crippen MR) is 71.8 cm³/mol. The maximum absolute atomic E-state index is 11.6. The zero-order valence-electron chi connectivity index (χ0n) is 11.8. The van der Waals surface area contributed by atoms with E-state index < -0.39 is 24.0 Å². The quantitative estimate of drug-likeness (QED) is 0.429. The maximum Gasteiger partial charge on any atom is 0.364 e. The van der Waals surface area contributed by atoms with Gasteiger partial charge in [0.25, 0.3) is 0 Å². The average molecular weight is 310 g/mol. The van der Waals surface area contributed by atoms with E-state index in [-0.39, 0.29) is 37.8 Å². The van der Waals surface area contributed by atoms with Gasteiger partial charge in [0.2, 0.25) is 5.91 Å². The number of rotatable bonds is 9. The summed E-state index contributed by atoms with van der Waals surface area (Å²) in [6.07, 6.45) is 0.294. The van der Waals surface area contributed by atoms with Crippen molar-refractivity contribution in [1.82, 2.24) is 5.32 Å². The minimum absolute atomic E-state index is 0.0553. The number of quaternary nitrogens is 1. The molecule has 4 N–H and O–H groups in total. The smallest absolute Gasteiger partial charge is 0.364 e. The van der Waals surface area contributed by atoms with E-state index in [9.17, 15) is 14.4 Å². The van der Waals surface area contributed by atoms with Crippen molar-refractivity contribution in [3.05, 3.63) is 0 Å². The number of alkyl halides is 1. The highest BCUT2D eigenvalue weighted by molar-refractivity contribution is 6.19. The molecule has 0 radical (unpaired) electrons. The van der Waals surface area contributed by atoms with Crippen molar-refractivity contribution >= 4 is 29.4 Å². The van der Waals surface area contributed by atoms with Gasteiger partial charge in [-0.3, -0.25) is 4.79 Å². The van der Waals surface area contributed by atoms with Gasteiger partial charge in [-0.25, -0.2) is 9.59 Å². The van der Waals surface area contributed by atoms with E-state index in [0.29, 0.717) is 0 Å². The third-order valence-corrected chi connectivity index (χ3v) is 2.71. The van der Waals surface area contributed by atoms with E-state index in [2.05, 4.69) is 11.1 Å². The van der Waals surface area contributed by atoms with E-state index in [1.807, 2.05) is 0 Å². The molecule has 0 unspecified atom stereocenters. The fourth-order valence-electron chi connectivity index (χ4n) is 1.35. The van der Waals surface area contributed by atoms with Crippen LogP contribution in [0.1, 0.15) is 26.7 Å². The lowest BCUT2D eigenvalue weighted by molar-refractivity contribution is -0.409. The van der Waals surface area contributed by atoms with Crippen LogP contribution in [0.5, 0.6) is 0 Å². The van der Waals surface area contributed by atoms with Crippen LogP contribution in [0.2, 0.25) is 0 Å². The number of nitrogens with one attached hydrogen (secondary N) is 1. The Morgan fingerprint density at radius 3 is 2.20 bits per heavy atom. The number of esters is 2. The monoisotopic (exact) mass is 309 g/mol. The molecular weight excluding hydrogens is 288 g/mol. The molecule has 0 aliphatic rings. The molecule has 7 nitrogen and oxygen atoms in total. The first kappa shape index (κ1) is 18.7. The number of hydrogen-bond acceptors (Lipinski definition) is 5. The molecule has 20 heavy (non-hydrogen) atoms. The molecule has 0 saturated heterocycles. The molecule has 2 atom stereocenters. The van der Waals surface area contributed by atoms with Crippen LogP contribution in [-0.2, 0) is 23.9 Å². The zero-order chi connectivity index (χ0) is 15.5. The molecule has 0 rings (SSSR count). The van der Waals surface area contributed by atoms with Crippen molar-refractivity contribution in [2.24, 2.45) is 0 Å². The van der Waals surface area contributed by atoms with E-state index in [0.717, 1.165) is 0 Å². The van der Waals surface area contributed by atoms with Gasteiger partial charge in [0.15, 0.2) is 6.04 Å². The third-order valence-electron chi connectivity index (χ3n) is 2.40. The van der Waals surface area contributed by atoms with Gasteiger partial charge in [0, 0.05) is 12.8 Å². The van der Waals surface area contributed by atoms with Crippen LogP contribution in [-0.4, -0.2) is 49.0 Å². The Morgan fingerprint density at radius 1 is 1.15 bits per heavy atom. The topological polar surface area (TPSA) is 109 Å². The number of amides is 1. The maximum atomic E-state index is 11.6. The lowest BCUT2D eigenvalue weighted by atomic mass is 10.1. The van der Waals surface area contributed by atoms with Crippen LogP contribution in [0.4, 0.5) is 0 Å².